The number of hydrogen-bond donors (Lipinski definition) is 1. The van der Waals surface area contributed by atoms with Gasteiger partial charge in [-0.3, -0.25) is 4.79 Å². The highest BCUT2D eigenvalue weighted by Crippen LogP contribution is 2.23. The molecule has 0 saturated carbocycles. The summed E-state index contributed by atoms with van der Waals surface area (Å²) in [5.74, 6) is 0. The van der Waals surface area contributed by atoms with Crippen LogP contribution in [0.25, 0.3) is 11.1 Å². The maximum Gasteiger partial charge on any atom is 0.266 e. The van der Waals surface area contributed by atoms with Gasteiger partial charge >= 0.3 is 0 Å². The van der Waals surface area contributed by atoms with Crippen LogP contribution in [0, 0.1) is 11.3 Å². The van der Waals surface area contributed by atoms with Gasteiger partial charge in [-0.1, -0.05) is 12.1 Å². The van der Waals surface area contributed by atoms with Crippen LogP contribution in [0.1, 0.15) is 5.56 Å². The molecule has 2 rings (SSSR count). The van der Waals surface area contributed by atoms with Crippen LogP contribution in [0.4, 0.5) is 0 Å². The van der Waals surface area contributed by atoms with Gasteiger partial charge in [-0.15, -0.1) is 11.8 Å². The molecular formula is C13H10N2OS. The van der Waals surface area contributed by atoms with E-state index in [9.17, 15) is 4.79 Å². The number of rotatable bonds is 2. The molecule has 0 aliphatic carbocycles. The van der Waals surface area contributed by atoms with E-state index in [1.54, 1.807) is 24.0 Å². The van der Waals surface area contributed by atoms with Gasteiger partial charge in [0.15, 0.2) is 0 Å². The summed E-state index contributed by atoms with van der Waals surface area (Å²) >= 11 is 1.65. The molecule has 0 aliphatic heterocycles. The summed E-state index contributed by atoms with van der Waals surface area (Å²) in [6.45, 7) is 0. The SMILES string of the molecule is CSc1ccc(-c2cc[nH]c(=O)c2C#N)cc1. The lowest BCUT2D eigenvalue weighted by Crippen LogP contribution is -2.10. The molecule has 2 aromatic rings. The van der Waals surface area contributed by atoms with E-state index in [1.165, 1.54) is 0 Å². The lowest BCUT2D eigenvalue weighted by atomic mass is 10.0. The molecule has 0 bridgehead atoms. The van der Waals surface area contributed by atoms with Gasteiger partial charge in [0.05, 0.1) is 0 Å². The van der Waals surface area contributed by atoms with Crippen molar-refractivity contribution in [1.29, 1.82) is 5.26 Å². The van der Waals surface area contributed by atoms with E-state index >= 15 is 0 Å². The van der Waals surface area contributed by atoms with Crippen molar-refractivity contribution in [2.24, 2.45) is 0 Å². The minimum Gasteiger partial charge on any atom is -0.328 e. The Hall–Kier alpha value is -1.99. The Kier molecular flexibility index (Phi) is 3.31. The smallest absolute Gasteiger partial charge is 0.266 e. The normalized spacial score (nSPS) is 9.88. The summed E-state index contributed by atoms with van der Waals surface area (Å²) < 4.78 is 0. The van der Waals surface area contributed by atoms with E-state index < -0.39 is 0 Å². The van der Waals surface area contributed by atoms with Gasteiger partial charge in [0, 0.05) is 16.7 Å². The molecule has 1 aromatic heterocycles. The molecular weight excluding hydrogens is 232 g/mol. The summed E-state index contributed by atoms with van der Waals surface area (Å²) in [5, 5.41) is 8.99. The number of aromatic nitrogens is 1. The largest absolute Gasteiger partial charge is 0.328 e. The molecule has 4 heteroatoms. The maximum absolute atomic E-state index is 11.5. The lowest BCUT2D eigenvalue weighted by Gasteiger charge is -2.04. The summed E-state index contributed by atoms with van der Waals surface area (Å²) in [7, 11) is 0. The molecule has 0 fully saturated rings. The summed E-state index contributed by atoms with van der Waals surface area (Å²) in [4.78, 5) is 15.1. The molecule has 0 aliphatic rings. The molecule has 1 aromatic carbocycles. The zero-order chi connectivity index (χ0) is 12.3. The average Bonchev–Trinajstić information content (AvgIpc) is 2.38. The van der Waals surface area contributed by atoms with Crippen molar-refractivity contribution in [2.75, 3.05) is 6.26 Å². The Bertz CT molecular complexity index is 623. The standard InChI is InChI=1S/C13H10N2OS/c1-17-10-4-2-9(3-5-10)11-6-7-15-13(16)12(11)8-14/h2-7H,1H3,(H,15,16). The molecule has 1 heterocycles. The van der Waals surface area contributed by atoms with Crippen LogP contribution in [0.3, 0.4) is 0 Å². The Morgan fingerprint density at radius 2 is 1.94 bits per heavy atom. The number of pyridine rings is 1. The third kappa shape index (κ3) is 2.24. The minimum absolute atomic E-state index is 0.157. The van der Waals surface area contributed by atoms with Gasteiger partial charge in [-0.05, 0) is 30.0 Å². The zero-order valence-corrected chi connectivity index (χ0v) is 10.0. The summed E-state index contributed by atoms with van der Waals surface area (Å²) in [5.41, 5.74) is 1.36. The number of H-pyrrole nitrogens is 1. The molecule has 0 atom stereocenters. The van der Waals surface area contributed by atoms with Crippen LogP contribution in [0.15, 0.2) is 46.2 Å². The third-order valence-electron chi connectivity index (χ3n) is 2.47. The van der Waals surface area contributed by atoms with Crippen LogP contribution in [-0.2, 0) is 0 Å². The minimum atomic E-state index is -0.348. The maximum atomic E-state index is 11.5. The first-order chi connectivity index (χ1) is 8.26. The van der Waals surface area contributed by atoms with Gasteiger partial charge in [-0.2, -0.15) is 5.26 Å². The fourth-order valence-electron chi connectivity index (χ4n) is 1.60. The highest BCUT2D eigenvalue weighted by atomic mass is 32.2. The number of nitriles is 1. The monoisotopic (exact) mass is 242 g/mol. The zero-order valence-electron chi connectivity index (χ0n) is 9.23. The molecule has 0 radical (unpaired) electrons. The first-order valence-electron chi connectivity index (χ1n) is 5.02. The summed E-state index contributed by atoms with van der Waals surface area (Å²) in [6.07, 6.45) is 3.56. The van der Waals surface area contributed by atoms with Crippen molar-refractivity contribution in [2.45, 2.75) is 4.90 Å². The fourth-order valence-corrected chi connectivity index (χ4v) is 2.01. The first kappa shape index (κ1) is 11.5. The highest BCUT2D eigenvalue weighted by Gasteiger charge is 2.07. The van der Waals surface area contributed by atoms with Crippen molar-refractivity contribution in [3.8, 4) is 17.2 Å². The molecule has 1 N–H and O–H groups in total. The molecule has 0 spiro atoms. The van der Waals surface area contributed by atoms with E-state index in [0.717, 1.165) is 10.5 Å². The van der Waals surface area contributed by atoms with Crippen LogP contribution < -0.4 is 5.56 Å². The number of benzene rings is 1. The Morgan fingerprint density at radius 1 is 1.24 bits per heavy atom. The molecule has 0 unspecified atom stereocenters. The number of hydrogen-bond acceptors (Lipinski definition) is 3. The Labute approximate surface area is 103 Å². The topological polar surface area (TPSA) is 56.6 Å². The van der Waals surface area contributed by atoms with Gasteiger partial charge in [0.1, 0.15) is 11.6 Å². The number of thioether (sulfide) groups is 1. The van der Waals surface area contributed by atoms with Crippen molar-refractivity contribution >= 4 is 11.8 Å². The average molecular weight is 242 g/mol. The van der Waals surface area contributed by atoms with E-state index in [4.69, 9.17) is 5.26 Å². The molecule has 0 amide bonds. The molecule has 0 saturated heterocycles. The molecule has 17 heavy (non-hydrogen) atoms. The summed E-state index contributed by atoms with van der Waals surface area (Å²) in [6, 6.07) is 11.5. The van der Waals surface area contributed by atoms with E-state index in [-0.39, 0.29) is 11.1 Å². The lowest BCUT2D eigenvalue weighted by molar-refractivity contribution is 1.21. The van der Waals surface area contributed by atoms with Crippen LogP contribution >= 0.6 is 11.8 Å². The van der Waals surface area contributed by atoms with Gasteiger partial charge < -0.3 is 4.98 Å². The second kappa shape index (κ2) is 4.89. The van der Waals surface area contributed by atoms with Gasteiger partial charge in [0.2, 0.25) is 0 Å². The predicted octanol–water partition coefficient (Wildman–Crippen LogP) is 2.64. The van der Waals surface area contributed by atoms with E-state index in [2.05, 4.69) is 4.98 Å². The highest BCUT2D eigenvalue weighted by molar-refractivity contribution is 7.98. The van der Waals surface area contributed by atoms with E-state index in [0.29, 0.717) is 5.56 Å². The number of nitrogens with zero attached hydrogens (tertiary/aromatic N) is 1. The second-order valence-corrected chi connectivity index (χ2v) is 4.32. The molecule has 3 nitrogen and oxygen atoms in total. The van der Waals surface area contributed by atoms with Crippen LogP contribution in [0.2, 0.25) is 0 Å². The van der Waals surface area contributed by atoms with E-state index in [1.807, 2.05) is 36.6 Å². The third-order valence-corrected chi connectivity index (χ3v) is 3.22. The number of aromatic amines is 1. The fraction of sp³-hybridized carbons (Fsp3) is 0.0769. The van der Waals surface area contributed by atoms with Crippen molar-refractivity contribution in [3.05, 3.63) is 52.4 Å². The van der Waals surface area contributed by atoms with Crippen molar-refractivity contribution in [1.82, 2.24) is 4.98 Å². The second-order valence-electron chi connectivity index (χ2n) is 3.44. The van der Waals surface area contributed by atoms with Gasteiger partial charge in [-0.25, -0.2) is 0 Å². The Morgan fingerprint density at radius 3 is 2.53 bits per heavy atom. The van der Waals surface area contributed by atoms with Crippen molar-refractivity contribution in [3.63, 3.8) is 0 Å². The molecule has 84 valence electrons. The van der Waals surface area contributed by atoms with Gasteiger partial charge in [0.25, 0.3) is 5.56 Å². The van der Waals surface area contributed by atoms with Crippen LogP contribution in [0.5, 0.6) is 0 Å². The first-order valence-corrected chi connectivity index (χ1v) is 6.25. The van der Waals surface area contributed by atoms with Crippen molar-refractivity contribution < 1.29 is 0 Å². The Balaban J connectivity index is 2.57. The van der Waals surface area contributed by atoms with Crippen LogP contribution in [-0.4, -0.2) is 11.2 Å². The quantitative estimate of drug-likeness (QED) is 0.824. The number of nitrogens with one attached hydrogen (secondary N) is 1. The predicted molar refractivity (Wildman–Crippen MR) is 69.0 cm³/mol.